The summed E-state index contributed by atoms with van der Waals surface area (Å²) < 4.78 is 11.0. The number of hydrogen-bond acceptors (Lipinski definition) is 7. The van der Waals surface area contributed by atoms with Crippen molar-refractivity contribution in [1.29, 1.82) is 0 Å². The van der Waals surface area contributed by atoms with Crippen molar-refractivity contribution in [1.82, 2.24) is 14.8 Å². The first kappa shape index (κ1) is 28.9. The Balaban J connectivity index is 1.42. The van der Waals surface area contributed by atoms with Gasteiger partial charge in [-0.3, -0.25) is 24.3 Å². The van der Waals surface area contributed by atoms with Gasteiger partial charge in [0, 0.05) is 49.8 Å². The number of likely N-dealkylation sites (tertiary alicyclic amines) is 2. The van der Waals surface area contributed by atoms with Gasteiger partial charge in [0.15, 0.2) is 11.5 Å². The first-order chi connectivity index (χ1) is 19.7. The average molecular weight is 565 g/mol. The first-order valence-corrected chi connectivity index (χ1v) is 14.6. The molecule has 3 unspecified atom stereocenters. The van der Waals surface area contributed by atoms with Crippen LogP contribution in [-0.4, -0.2) is 83.2 Å². The van der Waals surface area contributed by atoms with E-state index in [1.807, 2.05) is 54.0 Å². The number of benzene rings is 1. The number of carbonyl (C=O) groups is 3. The van der Waals surface area contributed by atoms with Crippen LogP contribution in [0.4, 0.5) is 5.69 Å². The second-order valence-electron chi connectivity index (χ2n) is 11.9. The smallest absolute Gasteiger partial charge is 0.308 e. The number of nitrogens with zero attached hydrogens (tertiary/aromatic N) is 4. The summed E-state index contributed by atoms with van der Waals surface area (Å²) in [7, 11) is 0. The Labute approximate surface area is 241 Å². The molecule has 0 radical (unpaired) electrons. The summed E-state index contributed by atoms with van der Waals surface area (Å²) in [5.41, 5.74) is 1.17. The van der Waals surface area contributed by atoms with E-state index < -0.39 is 23.3 Å². The fraction of sp³-hybridized carbons (Fsp3) is 0.548. The standard InChI is InChI=1S/C31H40N4O6/c1-4-5-13-35(22-7-6-12-32-17-22)27(36)19-34-18-23(21-8-9-25-26(16-21)41-20-40-25)28(29(37)38)24(34)10-14-33-15-11-31(2,3)30(33)39/h6-9,12,16-17,23-24,28H,4-5,10-11,13-15,18-20H2,1-3H3,(H,37,38). The molecule has 1 aromatic carbocycles. The van der Waals surface area contributed by atoms with Gasteiger partial charge >= 0.3 is 5.97 Å². The van der Waals surface area contributed by atoms with Crippen LogP contribution in [0.2, 0.25) is 0 Å². The zero-order valence-corrected chi connectivity index (χ0v) is 24.1. The maximum atomic E-state index is 13.8. The van der Waals surface area contributed by atoms with Gasteiger partial charge in [0.2, 0.25) is 18.6 Å². The molecule has 1 aromatic heterocycles. The van der Waals surface area contributed by atoms with Gasteiger partial charge in [-0.15, -0.1) is 0 Å². The number of aromatic nitrogens is 1. The molecule has 2 saturated heterocycles. The molecule has 220 valence electrons. The molecule has 10 nitrogen and oxygen atoms in total. The van der Waals surface area contributed by atoms with Gasteiger partial charge in [-0.1, -0.05) is 33.3 Å². The third-order valence-electron chi connectivity index (χ3n) is 8.76. The summed E-state index contributed by atoms with van der Waals surface area (Å²) in [6.45, 7) is 8.28. The van der Waals surface area contributed by atoms with E-state index in [1.165, 1.54) is 0 Å². The number of hydrogen-bond donors (Lipinski definition) is 1. The van der Waals surface area contributed by atoms with Crippen LogP contribution in [0.1, 0.15) is 57.9 Å². The van der Waals surface area contributed by atoms with Crippen LogP contribution in [0, 0.1) is 11.3 Å². The summed E-state index contributed by atoms with van der Waals surface area (Å²) in [5.74, 6) is -0.768. The number of fused-ring (bicyclic) bond motifs is 1. The lowest BCUT2D eigenvalue weighted by atomic mass is 9.84. The van der Waals surface area contributed by atoms with Gasteiger partial charge in [-0.25, -0.2) is 0 Å². The fourth-order valence-electron chi connectivity index (χ4n) is 6.37. The average Bonchev–Trinajstić information content (AvgIpc) is 3.64. The molecule has 3 aliphatic rings. The number of carboxylic acids is 1. The largest absolute Gasteiger partial charge is 0.481 e. The molecular formula is C31H40N4O6. The SMILES string of the molecule is CCCCN(C(=O)CN1CC(c2ccc3c(c2)OCO3)C(C(=O)O)C1CCN1CCC(C)(C)C1=O)c1cccnc1. The lowest BCUT2D eigenvalue weighted by Gasteiger charge is -2.31. The van der Waals surface area contributed by atoms with Crippen LogP contribution >= 0.6 is 0 Å². The molecule has 41 heavy (non-hydrogen) atoms. The zero-order valence-electron chi connectivity index (χ0n) is 24.1. The summed E-state index contributed by atoms with van der Waals surface area (Å²) in [5, 5.41) is 10.5. The maximum Gasteiger partial charge on any atom is 0.308 e. The van der Waals surface area contributed by atoms with Crippen LogP contribution in [-0.2, 0) is 14.4 Å². The molecule has 0 spiro atoms. The van der Waals surface area contributed by atoms with Crippen molar-refractivity contribution in [3.63, 3.8) is 0 Å². The van der Waals surface area contributed by atoms with Gasteiger partial charge in [-0.2, -0.15) is 0 Å². The van der Waals surface area contributed by atoms with E-state index in [9.17, 15) is 19.5 Å². The van der Waals surface area contributed by atoms with Crippen LogP contribution in [0.15, 0.2) is 42.7 Å². The number of rotatable bonds is 11. The van der Waals surface area contributed by atoms with E-state index in [2.05, 4.69) is 11.9 Å². The number of pyridine rings is 1. The van der Waals surface area contributed by atoms with Gasteiger partial charge in [0.25, 0.3) is 0 Å². The zero-order chi connectivity index (χ0) is 29.1. The molecule has 5 rings (SSSR count). The second kappa shape index (κ2) is 12.1. The predicted molar refractivity (Wildman–Crippen MR) is 153 cm³/mol. The summed E-state index contributed by atoms with van der Waals surface area (Å²) in [4.78, 5) is 49.4. The van der Waals surface area contributed by atoms with Crippen molar-refractivity contribution in [3.8, 4) is 11.5 Å². The van der Waals surface area contributed by atoms with Crippen molar-refractivity contribution in [2.45, 2.75) is 58.4 Å². The Bertz CT molecular complexity index is 1270. The minimum absolute atomic E-state index is 0.0769. The van der Waals surface area contributed by atoms with Crippen LogP contribution in [0.3, 0.4) is 0 Å². The number of carboxylic acid groups (broad SMARTS) is 1. The highest BCUT2D eigenvalue weighted by Gasteiger charge is 2.48. The molecule has 0 bridgehead atoms. The summed E-state index contributed by atoms with van der Waals surface area (Å²) >= 11 is 0. The minimum Gasteiger partial charge on any atom is -0.481 e. The van der Waals surface area contributed by atoms with E-state index in [1.54, 1.807) is 17.3 Å². The molecule has 2 aromatic rings. The maximum absolute atomic E-state index is 13.8. The highest BCUT2D eigenvalue weighted by Crippen LogP contribution is 2.43. The Morgan fingerprint density at radius 1 is 1.20 bits per heavy atom. The van der Waals surface area contributed by atoms with Gasteiger partial charge in [0.1, 0.15) is 0 Å². The Hall–Kier alpha value is -3.66. The number of aliphatic carboxylic acids is 1. The molecule has 2 amide bonds. The highest BCUT2D eigenvalue weighted by atomic mass is 16.7. The third kappa shape index (κ3) is 6.02. The molecule has 0 aliphatic carbocycles. The Kier molecular flexibility index (Phi) is 8.49. The molecule has 4 heterocycles. The molecule has 3 atom stereocenters. The molecule has 10 heteroatoms. The minimum atomic E-state index is -0.907. The van der Waals surface area contributed by atoms with Crippen LogP contribution in [0.5, 0.6) is 11.5 Å². The fourth-order valence-corrected chi connectivity index (χ4v) is 6.37. The number of ether oxygens (including phenoxy) is 2. The van der Waals surface area contributed by atoms with E-state index in [-0.39, 0.29) is 31.1 Å². The van der Waals surface area contributed by atoms with Crippen molar-refractivity contribution in [2.75, 3.05) is 44.4 Å². The number of anilines is 1. The first-order valence-electron chi connectivity index (χ1n) is 14.6. The predicted octanol–water partition coefficient (Wildman–Crippen LogP) is 3.76. The van der Waals surface area contributed by atoms with Crippen molar-refractivity contribution < 1.29 is 29.0 Å². The van der Waals surface area contributed by atoms with Gasteiger partial charge < -0.3 is 24.4 Å². The molecule has 2 fully saturated rings. The van der Waals surface area contributed by atoms with Gasteiger partial charge in [0.05, 0.1) is 24.3 Å². The summed E-state index contributed by atoms with van der Waals surface area (Å²) in [6.07, 6.45) is 6.38. The topological polar surface area (TPSA) is 113 Å². The van der Waals surface area contributed by atoms with Crippen LogP contribution < -0.4 is 14.4 Å². The number of carbonyl (C=O) groups excluding carboxylic acids is 2. The van der Waals surface area contributed by atoms with E-state index in [0.717, 1.165) is 30.5 Å². The molecular weight excluding hydrogens is 524 g/mol. The van der Waals surface area contributed by atoms with Crippen molar-refractivity contribution >= 4 is 23.5 Å². The molecule has 1 N–H and O–H groups in total. The van der Waals surface area contributed by atoms with E-state index >= 15 is 0 Å². The lowest BCUT2D eigenvalue weighted by molar-refractivity contribution is -0.143. The van der Waals surface area contributed by atoms with Crippen LogP contribution in [0.25, 0.3) is 0 Å². The summed E-state index contributed by atoms with van der Waals surface area (Å²) in [6, 6.07) is 8.83. The normalized spacial score (nSPS) is 23.2. The van der Waals surface area contributed by atoms with E-state index in [4.69, 9.17) is 9.47 Å². The number of amides is 2. The van der Waals surface area contributed by atoms with Crippen molar-refractivity contribution in [2.24, 2.45) is 11.3 Å². The van der Waals surface area contributed by atoms with Gasteiger partial charge in [-0.05, 0) is 49.1 Å². The third-order valence-corrected chi connectivity index (χ3v) is 8.76. The quantitative estimate of drug-likeness (QED) is 0.439. The van der Waals surface area contributed by atoms with E-state index in [0.29, 0.717) is 44.1 Å². The number of unbranched alkanes of at least 4 members (excludes halogenated alkanes) is 1. The monoisotopic (exact) mass is 564 g/mol. The molecule has 3 aliphatic heterocycles. The molecule has 0 saturated carbocycles. The lowest BCUT2D eigenvalue weighted by Crippen LogP contribution is -2.46. The van der Waals surface area contributed by atoms with Crippen molar-refractivity contribution in [3.05, 3.63) is 48.3 Å². The Morgan fingerprint density at radius 2 is 2.00 bits per heavy atom. The highest BCUT2D eigenvalue weighted by molar-refractivity contribution is 5.94. The Morgan fingerprint density at radius 3 is 2.68 bits per heavy atom. The second-order valence-corrected chi connectivity index (χ2v) is 11.9.